The van der Waals surface area contributed by atoms with Crippen LogP contribution >= 0.6 is 0 Å². The molecule has 0 bridgehead atoms. The molecular weight excluding hydrogens is 406 g/mol. The highest BCUT2D eigenvalue weighted by Crippen LogP contribution is 2.33. The number of aromatic nitrogens is 1. The summed E-state index contributed by atoms with van der Waals surface area (Å²) in [6.07, 6.45) is 7.51. The molecule has 1 fully saturated rings. The number of pyridine rings is 1. The Bertz CT molecular complexity index is 929. The SMILES string of the molecule is COc1ccc(S(=O)(=O)N(Cc2cccnc2)[C@@H](C(=O)NO)C2CCCCC2)cc1. The van der Waals surface area contributed by atoms with Crippen LogP contribution in [0.2, 0.25) is 0 Å². The third-order valence-electron chi connectivity index (χ3n) is 5.51. The molecule has 162 valence electrons. The Morgan fingerprint density at radius 2 is 1.93 bits per heavy atom. The van der Waals surface area contributed by atoms with Crippen molar-refractivity contribution in [2.45, 2.75) is 49.6 Å². The summed E-state index contributed by atoms with van der Waals surface area (Å²) in [6, 6.07) is 8.50. The maximum Gasteiger partial charge on any atom is 0.262 e. The minimum absolute atomic E-state index is 0.0310. The Morgan fingerprint density at radius 1 is 1.23 bits per heavy atom. The molecule has 0 radical (unpaired) electrons. The number of rotatable bonds is 8. The molecule has 1 atom stereocenters. The fourth-order valence-corrected chi connectivity index (χ4v) is 5.62. The second kappa shape index (κ2) is 10.0. The van der Waals surface area contributed by atoms with Gasteiger partial charge in [0.25, 0.3) is 5.91 Å². The maximum atomic E-state index is 13.6. The van der Waals surface area contributed by atoms with Crippen molar-refractivity contribution in [3.63, 3.8) is 0 Å². The van der Waals surface area contributed by atoms with Gasteiger partial charge in [0.05, 0.1) is 12.0 Å². The summed E-state index contributed by atoms with van der Waals surface area (Å²) in [5.74, 6) is -0.372. The van der Waals surface area contributed by atoms with E-state index in [1.54, 1.807) is 42.1 Å². The van der Waals surface area contributed by atoms with Crippen molar-refractivity contribution >= 4 is 15.9 Å². The Hall–Kier alpha value is -2.49. The lowest BCUT2D eigenvalue weighted by atomic mass is 9.83. The summed E-state index contributed by atoms with van der Waals surface area (Å²) in [5, 5.41) is 9.41. The Kier molecular flexibility index (Phi) is 7.41. The van der Waals surface area contributed by atoms with Crippen molar-refractivity contribution < 1.29 is 23.2 Å². The first-order chi connectivity index (χ1) is 14.5. The zero-order valence-corrected chi connectivity index (χ0v) is 17.7. The van der Waals surface area contributed by atoms with Gasteiger partial charge in [0.1, 0.15) is 11.8 Å². The third-order valence-corrected chi connectivity index (χ3v) is 7.35. The molecule has 0 saturated heterocycles. The Balaban J connectivity index is 2.05. The van der Waals surface area contributed by atoms with Gasteiger partial charge in [0.15, 0.2) is 0 Å². The molecule has 1 aliphatic rings. The second-order valence-electron chi connectivity index (χ2n) is 7.41. The molecule has 1 aromatic carbocycles. The van der Waals surface area contributed by atoms with Gasteiger partial charge in [-0.25, -0.2) is 13.9 Å². The number of sulfonamides is 1. The van der Waals surface area contributed by atoms with Gasteiger partial charge in [-0.15, -0.1) is 0 Å². The fraction of sp³-hybridized carbons (Fsp3) is 0.429. The molecule has 2 N–H and O–H groups in total. The molecule has 1 saturated carbocycles. The Morgan fingerprint density at radius 3 is 2.50 bits per heavy atom. The van der Waals surface area contributed by atoms with E-state index in [0.29, 0.717) is 11.3 Å². The lowest BCUT2D eigenvalue weighted by Crippen LogP contribution is -2.52. The van der Waals surface area contributed by atoms with E-state index in [-0.39, 0.29) is 17.4 Å². The third kappa shape index (κ3) is 4.97. The van der Waals surface area contributed by atoms with E-state index in [0.717, 1.165) is 32.1 Å². The van der Waals surface area contributed by atoms with Crippen molar-refractivity contribution in [3.05, 3.63) is 54.4 Å². The molecular formula is C21H27N3O5S. The van der Waals surface area contributed by atoms with Crippen molar-refractivity contribution in [2.24, 2.45) is 5.92 Å². The second-order valence-corrected chi connectivity index (χ2v) is 9.30. The number of nitrogens with zero attached hydrogens (tertiary/aromatic N) is 2. The molecule has 1 aromatic heterocycles. The van der Waals surface area contributed by atoms with Crippen molar-refractivity contribution in [1.82, 2.24) is 14.8 Å². The van der Waals surface area contributed by atoms with Gasteiger partial charge in [-0.2, -0.15) is 4.31 Å². The molecule has 2 aromatic rings. The minimum atomic E-state index is -4.05. The summed E-state index contributed by atoms with van der Waals surface area (Å²) < 4.78 is 33.6. The van der Waals surface area contributed by atoms with Crippen LogP contribution in [-0.2, 0) is 21.4 Å². The number of carbonyl (C=O) groups is 1. The average molecular weight is 434 g/mol. The van der Waals surface area contributed by atoms with Crippen LogP contribution in [0.15, 0.2) is 53.7 Å². The van der Waals surface area contributed by atoms with Gasteiger partial charge < -0.3 is 4.74 Å². The van der Waals surface area contributed by atoms with Gasteiger partial charge in [-0.05, 0) is 54.7 Å². The summed E-state index contributed by atoms with van der Waals surface area (Å²) in [6.45, 7) is -0.0310. The van der Waals surface area contributed by atoms with E-state index in [4.69, 9.17) is 4.74 Å². The molecule has 8 nitrogen and oxygen atoms in total. The molecule has 0 aliphatic heterocycles. The highest BCUT2D eigenvalue weighted by Gasteiger charge is 2.41. The summed E-state index contributed by atoms with van der Waals surface area (Å²) in [5.41, 5.74) is 2.34. The lowest BCUT2D eigenvalue weighted by molar-refractivity contribution is -0.135. The van der Waals surface area contributed by atoms with Crippen LogP contribution in [0.3, 0.4) is 0 Å². The van der Waals surface area contributed by atoms with Crippen molar-refractivity contribution in [1.29, 1.82) is 0 Å². The highest BCUT2D eigenvalue weighted by molar-refractivity contribution is 7.89. The summed E-state index contributed by atoms with van der Waals surface area (Å²) in [7, 11) is -2.55. The zero-order valence-electron chi connectivity index (χ0n) is 16.9. The number of hydrogen-bond acceptors (Lipinski definition) is 6. The predicted molar refractivity (Wildman–Crippen MR) is 110 cm³/mol. The van der Waals surface area contributed by atoms with E-state index in [2.05, 4.69) is 4.98 Å². The molecule has 3 rings (SSSR count). The number of amides is 1. The van der Waals surface area contributed by atoms with Crippen LogP contribution in [0, 0.1) is 5.92 Å². The molecule has 30 heavy (non-hydrogen) atoms. The van der Waals surface area contributed by atoms with Gasteiger partial charge in [-0.1, -0.05) is 25.3 Å². The number of hydroxylamine groups is 1. The van der Waals surface area contributed by atoms with Gasteiger partial charge in [-0.3, -0.25) is 15.0 Å². The first-order valence-electron chi connectivity index (χ1n) is 9.96. The molecule has 0 spiro atoms. The molecule has 1 aliphatic carbocycles. The number of benzene rings is 1. The normalized spacial score (nSPS) is 16.2. The van der Waals surface area contributed by atoms with Gasteiger partial charge in [0, 0.05) is 18.9 Å². The summed E-state index contributed by atoms with van der Waals surface area (Å²) >= 11 is 0. The minimum Gasteiger partial charge on any atom is -0.497 e. The highest BCUT2D eigenvalue weighted by atomic mass is 32.2. The number of nitrogens with one attached hydrogen (secondary N) is 1. The molecule has 0 unspecified atom stereocenters. The van der Waals surface area contributed by atoms with Crippen LogP contribution in [0.4, 0.5) is 0 Å². The lowest BCUT2D eigenvalue weighted by Gasteiger charge is -2.36. The van der Waals surface area contributed by atoms with E-state index >= 15 is 0 Å². The standard InChI is InChI=1S/C21H27N3O5S/c1-29-18-9-11-19(12-10-18)30(27,28)24(15-16-6-5-13-22-14-16)20(21(25)23-26)17-7-3-2-4-8-17/h5-6,9-14,17,20,26H,2-4,7-8,15H2,1H3,(H,23,25)/t20-/m1/s1. The number of carbonyl (C=O) groups excluding carboxylic acids is 1. The van der Waals surface area contributed by atoms with Crippen LogP contribution < -0.4 is 10.2 Å². The topological polar surface area (TPSA) is 109 Å². The Labute approximate surface area is 176 Å². The average Bonchev–Trinajstić information content (AvgIpc) is 2.80. The van der Waals surface area contributed by atoms with Crippen LogP contribution in [0.1, 0.15) is 37.7 Å². The first kappa shape index (κ1) is 22.2. The van der Waals surface area contributed by atoms with Crippen molar-refractivity contribution in [2.75, 3.05) is 7.11 Å². The van der Waals surface area contributed by atoms with Crippen molar-refractivity contribution in [3.8, 4) is 5.75 Å². The van der Waals surface area contributed by atoms with Gasteiger partial charge in [0.2, 0.25) is 10.0 Å². The van der Waals surface area contributed by atoms with E-state index in [9.17, 15) is 18.4 Å². The largest absolute Gasteiger partial charge is 0.497 e. The fourth-order valence-electron chi connectivity index (χ4n) is 3.98. The number of hydrogen-bond donors (Lipinski definition) is 2. The molecule has 1 amide bonds. The predicted octanol–water partition coefficient (Wildman–Crippen LogP) is 2.74. The van der Waals surface area contributed by atoms with E-state index in [1.807, 2.05) is 0 Å². The maximum absolute atomic E-state index is 13.6. The first-order valence-corrected chi connectivity index (χ1v) is 11.4. The monoisotopic (exact) mass is 433 g/mol. The van der Waals surface area contributed by atoms with Crippen LogP contribution in [0.25, 0.3) is 0 Å². The molecule has 1 heterocycles. The van der Waals surface area contributed by atoms with Crippen LogP contribution in [0.5, 0.6) is 5.75 Å². The number of ether oxygens (including phenoxy) is 1. The number of methoxy groups -OCH3 is 1. The van der Waals surface area contributed by atoms with Crippen LogP contribution in [-0.4, -0.2) is 42.0 Å². The smallest absolute Gasteiger partial charge is 0.262 e. The molecule has 9 heteroatoms. The van der Waals surface area contributed by atoms with Gasteiger partial charge >= 0.3 is 0 Å². The summed E-state index contributed by atoms with van der Waals surface area (Å²) in [4.78, 5) is 16.8. The zero-order chi connectivity index (χ0) is 21.6. The van der Waals surface area contributed by atoms with E-state index < -0.39 is 22.0 Å². The van der Waals surface area contributed by atoms with E-state index in [1.165, 1.54) is 23.5 Å². The quantitative estimate of drug-likeness (QED) is 0.489.